The van der Waals surface area contributed by atoms with Crippen molar-refractivity contribution >= 4 is 34.2 Å². The minimum absolute atomic E-state index is 0.0106. The average Bonchev–Trinajstić information content (AvgIpc) is 2.63. The number of para-hydroxylation sites is 2. The van der Waals surface area contributed by atoms with E-state index < -0.39 is 17.5 Å². The predicted octanol–water partition coefficient (Wildman–Crippen LogP) is 3.78. The van der Waals surface area contributed by atoms with Gasteiger partial charge in [0.15, 0.2) is 18.1 Å². The van der Waals surface area contributed by atoms with Crippen molar-refractivity contribution in [2.45, 2.75) is 0 Å². The summed E-state index contributed by atoms with van der Waals surface area (Å²) in [6.45, 7) is -0.484. The molecule has 0 saturated heterocycles. The number of carbonyl (C=O) groups excluding carboxylic acids is 1. The number of fused-ring (bicyclic) bond motifs is 1. The van der Waals surface area contributed by atoms with Crippen molar-refractivity contribution in [2.24, 2.45) is 0 Å². The number of nitrogens with zero attached hydrogens (tertiary/aromatic N) is 2. The van der Waals surface area contributed by atoms with Crippen LogP contribution in [0.2, 0.25) is 5.02 Å². The van der Waals surface area contributed by atoms with Gasteiger partial charge >= 0.3 is 11.7 Å². The summed E-state index contributed by atoms with van der Waals surface area (Å²) in [6.07, 6.45) is 1.56. The third-order valence-electron chi connectivity index (χ3n) is 3.31. The summed E-state index contributed by atoms with van der Waals surface area (Å²) in [7, 11) is 0. The van der Waals surface area contributed by atoms with Gasteiger partial charge in [0, 0.05) is 17.6 Å². The smallest absolute Gasteiger partial charge is 0.349 e. The first kappa shape index (κ1) is 16.7. The van der Waals surface area contributed by atoms with Gasteiger partial charge in [-0.1, -0.05) is 23.7 Å². The number of hydrogen-bond donors (Lipinski definition) is 0. The molecule has 25 heavy (non-hydrogen) atoms. The molecule has 1 aromatic heterocycles. The van der Waals surface area contributed by atoms with Crippen LogP contribution in [-0.2, 0) is 4.79 Å². The highest BCUT2D eigenvalue weighted by Crippen LogP contribution is 2.30. The number of pyridine rings is 1. The van der Waals surface area contributed by atoms with Crippen LogP contribution in [0.25, 0.3) is 10.9 Å². The molecule has 0 unspecified atom stereocenters. The molecular formula is C17H11ClN2O5. The Morgan fingerprint density at radius 2 is 1.92 bits per heavy atom. The Morgan fingerprint density at radius 1 is 1.12 bits per heavy atom. The molecule has 2 aromatic carbocycles. The van der Waals surface area contributed by atoms with Gasteiger partial charge in [-0.3, -0.25) is 15.1 Å². The van der Waals surface area contributed by atoms with E-state index in [2.05, 4.69) is 4.98 Å². The van der Waals surface area contributed by atoms with Crippen LogP contribution in [0.5, 0.6) is 11.5 Å². The zero-order chi connectivity index (χ0) is 17.8. The molecule has 0 aliphatic rings. The maximum atomic E-state index is 12.0. The van der Waals surface area contributed by atoms with E-state index in [4.69, 9.17) is 21.1 Å². The molecule has 3 aromatic rings. The summed E-state index contributed by atoms with van der Waals surface area (Å²) in [5.74, 6) is -0.493. The number of carbonyl (C=O) groups is 1. The lowest BCUT2D eigenvalue weighted by atomic mass is 10.2. The number of nitro benzene ring substituents is 1. The molecule has 3 rings (SSSR count). The van der Waals surface area contributed by atoms with E-state index in [1.165, 1.54) is 24.3 Å². The first-order valence-corrected chi connectivity index (χ1v) is 7.54. The van der Waals surface area contributed by atoms with Gasteiger partial charge in [0.05, 0.1) is 9.95 Å². The SMILES string of the molecule is O=C(COc1ccccc1[N+](=O)[O-])Oc1ccc(Cl)c2cccnc12. The van der Waals surface area contributed by atoms with Crippen molar-refractivity contribution in [3.05, 3.63) is 69.9 Å². The topological polar surface area (TPSA) is 91.6 Å². The van der Waals surface area contributed by atoms with E-state index in [1.54, 1.807) is 30.5 Å². The van der Waals surface area contributed by atoms with E-state index in [0.29, 0.717) is 15.9 Å². The van der Waals surface area contributed by atoms with Gasteiger partial charge < -0.3 is 9.47 Å². The number of nitro groups is 1. The van der Waals surface area contributed by atoms with Crippen LogP contribution >= 0.6 is 11.6 Å². The molecule has 0 bridgehead atoms. The predicted molar refractivity (Wildman–Crippen MR) is 91.0 cm³/mol. The summed E-state index contributed by atoms with van der Waals surface area (Å²) in [6, 6.07) is 12.4. The van der Waals surface area contributed by atoms with Crippen LogP contribution in [0, 0.1) is 10.1 Å². The zero-order valence-electron chi connectivity index (χ0n) is 12.7. The van der Waals surface area contributed by atoms with Crippen LogP contribution in [0.4, 0.5) is 5.69 Å². The molecular weight excluding hydrogens is 348 g/mol. The second-order valence-electron chi connectivity index (χ2n) is 4.93. The molecule has 0 atom stereocenters. The van der Waals surface area contributed by atoms with Gasteiger partial charge in [0.2, 0.25) is 0 Å². The highest BCUT2D eigenvalue weighted by molar-refractivity contribution is 6.35. The first-order valence-electron chi connectivity index (χ1n) is 7.16. The Bertz CT molecular complexity index is 961. The van der Waals surface area contributed by atoms with Crippen molar-refractivity contribution in [3.63, 3.8) is 0 Å². The van der Waals surface area contributed by atoms with Crippen molar-refractivity contribution in [1.29, 1.82) is 0 Å². The molecule has 0 amide bonds. The lowest BCUT2D eigenvalue weighted by molar-refractivity contribution is -0.385. The van der Waals surface area contributed by atoms with Crippen LogP contribution in [-0.4, -0.2) is 22.5 Å². The third kappa shape index (κ3) is 3.67. The third-order valence-corrected chi connectivity index (χ3v) is 3.64. The maximum absolute atomic E-state index is 12.0. The van der Waals surface area contributed by atoms with Crippen LogP contribution in [0.1, 0.15) is 0 Å². The fraction of sp³-hybridized carbons (Fsp3) is 0.0588. The van der Waals surface area contributed by atoms with Crippen molar-refractivity contribution in [2.75, 3.05) is 6.61 Å². The lowest BCUT2D eigenvalue weighted by Gasteiger charge is -2.09. The van der Waals surface area contributed by atoms with Crippen molar-refractivity contribution in [3.8, 4) is 11.5 Å². The van der Waals surface area contributed by atoms with Gasteiger partial charge in [-0.15, -0.1) is 0 Å². The van der Waals surface area contributed by atoms with Gasteiger partial charge in [0.1, 0.15) is 5.52 Å². The first-order chi connectivity index (χ1) is 12.1. The Hall–Kier alpha value is -3.19. The van der Waals surface area contributed by atoms with Crippen LogP contribution < -0.4 is 9.47 Å². The van der Waals surface area contributed by atoms with Crippen LogP contribution in [0.15, 0.2) is 54.7 Å². The molecule has 0 N–H and O–H groups in total. The molecule has 0 fully saturated rings. The molecule has 1 heterocycles. The summed E-state index contributed by atoms with van der Waals surface area (Å²) < 4.78 is 10.5. The van der Waals surface area contributed by atoms with Gasteiger partial charge in [0.25, 0.3) is 0 Å². The minimum Gasteiger partial charge on any atom is -0.475 e. The van der Waals surface area contributed by atoms with E-state index in [0.717, 1.165) is 0 Å². The Morgan fingerprint density at radius 3 is 2.72 bits per heavy atom. The minimum atomic E-state index is -0.715. The van der Waals surface area contributed by atoms with Crippen molar-refractivity contribution < 1.29 is 19.2 Å². The number of benzene rings is 2. The van der Waals surface area contributed by atoms with Crippen molar-refractivity contribution in [1.82, 2.24) is 4.98 Å². The van der Waals surface area contributed by atoms with E-state index in [-0.39, 0.29) is 17.2 Å². The van der Waals surface area contributed by atoms with E-state index in [9.17, 15) is 14.9 Å². The fourth-order valence-electron chi connectivity index (χ4n) is 2.21. The van der Waals surface area contributed by atoms with E-state index >= 15 is 0 Å². The molecule has 126 valence electrons. The average molecular weight is 359 g/mol. The summed E-state index contributed by atoms with van der Waals surface area (Å²) in [4.78, 5) is 26.5. The molecule has 0 radical (unpaired) electrons. The second kappa shape index (κ2) is 7.14. The standard InChI is InChI=1S/C17H11ClN2O5/c18-12-7-8-15(17-11(12)4-3-9-19-17)25-16(21)10-24-14-6-2-1-5-13(14)20(22)23/h1-9H,10H2. The lowest BCUT2D eigenvalue weighted by Crippen LogP contribution is -2.18. The zero-order valence-corrected chi connectivity index (χ0v) is 13.5. The van der Waals surface area contributed by atoms with Gasteiger partial charge in [-0.05, 0) is 30.3 Å². The number of halogens is 1. The largest absolute Gasteiger partial charge is 0.475 e. The Labute approximate surface area is 146 Å². The van der Waals surface area contributed by atoms with Gasteiger partial charge in [-0.25, -0.2) is 4.79 Å². The molecule has 0 aliphatic carbocycles. The maximum Gasteiger partial charge on any atom is 0.349 e. The summed E-state index contributed by atoms with van der Waals surface area (Å²) in [5.41, 5.74) is 0.211. The van der Waals surface area contributed by atoms with Crippen LogP contribution in [0.3, 0.4) is 0 Å². The molecule has 0 saturated carbocycles. The number of ether oxygens (including phenoxy) is 2. The number of esters is 1. The quantitative estimate of drug-likeness (QED) is 0.298. The molecule has 8 heteroatoms. The summed E-state index contributed by atoms with van der Waals surface area (Å²) in [5, 5.41) is 12.1. The molecule has 0 aliphatic heterocycles. The molecule has 0 spiro atoms. The monoisotopic (exact) mass is 358 g/mol. The summed E-state index contributed by atoms with van der Waals surface area (Å²) >= 11 is 6.08. The number of hydrogen-bond acceptors (Lipinski definition) is 6. The number of rotatable bonds is 5. The second-order valence-corrected chi connectivity index (χ2v) is 5.34. The number of aromatic nitrogens is 1. The van der Waals surface area contributed by atoms with E-state index in [1.807, 2.05) is 0 Å². The Kier molecular flexibility index (Phi) is 4.76. The normalized spacial score (nSPS) is 10.4. The molecule has 7 nitrogen and oxygen atoms in total. The fourth-order valence-corrected chi connectivity index (χ4v) is 2.43. The Balaban J connectivity index is 1.74. The highest BCUT2D eigenvalue weighted by atomic mass is 35.5. The highest BCUT2D eigenvalue weighted by Gasteiger charge is 2.16. The van der Waals surface area contributed by atoms with Gasteiger partial charge in [-0.2, -0.15) is 0 Å².